The lowest BCUT2D eigenvalue weighted by molar-refractivity contribution is 0.0911. The Balaban J connectivity index is 2.51. The van der Waals surface area contributed by atoms with Crippen molar-refractivity contribution in [3.05, 3.63) is 30.1 Å². The molecule has 1 amide bonds. The van der Waals surface area contributed by atoms with Gasteiger partial charge in [0.15, 0.2) is 0 Å². The van der Waals surface area contributed by atoms with Crippen LogP contribution in [-0.4, -0.2) is 29.1 Å². The molecule has 15 heavy (non-hydrogen) atoms. The molecule has 0 radical (unpaired) electrons. The predicted molar refractivity (Wildman–Crippen MR) is 57.4 cm³/mol. The maximum atomic E-state index is 11.6. The average molecular weight is 208 g/mol. The van der Waals surface area contributed by atoms with Crippen LogP contribution in [0, 0.1) is 5.41 Å². The first-order valence-corrected chi connectivity index (χ1v) is 4.84. The van der Waals surface area contributed by atoms with Crippen molar-refractivity contribution in [1.82, 2.24) is 10.3 Å². The van der Waals surface area contributed by atoms with Crippen molar-refractivity contribution >= 4 is 5.91 Å². The molecule has 0 atom stereocenters. The Hall–Kier alpha value is -1.42. The van der Waals surface area contributed by atoms with Crippen LogP contribution >= 0.6 is 0 Å². The number of pyridine rings is 1. The van der Waals surface area contributed by atoms with Crippen LogP contribution in [0.3, 0.4) is 0 Å². The maximum Gasteiger partial charge on any atom is 0.251 e. The first kappa shape index (κ1) is 11.7. The zero-order valence-corrected chi connectivity index (χ0v) is 9.03. The van der Waals surface area contributed by atoms with E-state index in [-0.39, 0.29) is 17.9 Å². The normalized spacial score (nSPS) is 11.1. The van der Waals surface area contributed by atoms with Gasteiger partial charge in [-0.05, 0) is 12.1 Å². The second kappa shape index (κ2) is 4.89. The third-order valence-electron chi connectivity index (χ3n) is 2.10. The van der Waals surface area contributed by atoms with E-state index in [4.69, 9.17) is 5.11 Å². The molecule has 0 aliphatic rings. The minimum absolute atomic E-state index is 0.0453. The molecule has 0 saturated carbocycles. The molecular weight excluding hydrogens is 192 g/mol. The van der Waals surface area contributed by atoms with Crippen LogP contribution in [0.1, 0.15) is 24.2 Å². The molecule has 1 rings (SSSR count). The molecule has 0 fully saturated rings. The average Bonchev–Trinajstić information content (AvgIpc) is 2.27. The fraction of sp³-hybridized carbons (Fsp3) is 0.455. The van der Waals surface area contributed by atoms with Crippen molar-refractivity contribution in [2.24, 2.45) is 5.41 Å². The number of hydrogen-bond donors (Lipinski definition) is 2. The van der Waals surface area contributed by atoms with Crippen molar-refractivity contribution in [2.45, 2.75) is 13.8 Å². The lowest BCUT2D eigenvalue weighted by Crippen LogP contribution is -2.36. The summed E-state index contributed by atoms with van der Waals surface area (Å²) in [5, 5.41) is 11.8. The number of nitrogens with one attached hydrogen (secondary N) is 1. The molecule has 0 aliphatic heterocycles. The van der Waals surface area contributed by atoms with Crippen LogP contribution in [0.15, 0.2) is 24.5 Å². The summed E-state index contributed by atoms with van der Waals surface area (Å²) in [5.74, 6) is -0.140. The molecule has 1 heterocycles. The predicted octanol–water partition coefficient (Wildman–Crippen LogP) is 0.830. The second-order valence-corrected chi connectivity index (χ2v) is 4.24. The molecular formula is C11H16N2O2. The summed E-state index contributed by atoms with van der Waals surface area (Å²) in [5.41, 5.74) is 0.293. The minimum Gasteiger partial charge on any atom is -0.396 e. The number of aromatic nitrogens is 1. The maximum absolute atomic E-state index is 11.6. The summed E-state index contributed by atoms with van der Waals surface area (Å²) >= 11 is 0. The van der Waals surface area contributed by atoms with Gasteiger partial charge in [-0.25, -0.2) is 0 Å². The first-order chi connectivity index (χ1) is 7.05. The summed E-state index contributed by atoms with van der Waals surface area (Å²) in [6.45, 7) is 4.27. The highest BCUT2D eigenvalue weighted by Crippen LogP contribution is 2.11. The van der Waals surface area contributed by atoms with Gasteiger partial charge in [-0.3, -0.25) is 9.78 Å². The third kappa shape index (κ3) is 3.67. The van der Waals surface area contributed by atoms with Gasteiger partial charge in [0.2, 0.25) is 0 Å². The van der Waals surface area contributed by atoms with E-state index in [2.05, 4.69) is 10.3 Å². The van der Waals surface area contributed by atoms with Crippen LogP contribution < -0.4 is 5.32 Å². The molecule has 0 saturated heterocycles. The molecule has 4 heteroatoms. The molecule has 0 bridgehead atoms. The zero-order valence-electron chi connectivity index (χ0n) is 9.03. The van der Waals surface area contributed by atoms with Gasteiger partial charge in [0, 0.05) is 36.5 Å². The van der Waals surface area contributed by atoms with Gasteiger partial charge in [-0.1, -0.05) is 13.8 Å². The van der Waals surface area contributed by atoms with E-state index in [1.165, 1.54) is 0 Å². The Bertz CT molecular complexity index is 323. The summed E-state index contributed by atoms with van der Waals surface area (Å²) in [6, 6.07) is 3.31. The fourth-order valence-electron chi connectivity index (χ4n) is 0.981. The van der Waals surface area contributed by atoms with E-state index < -0.39 is 0 Å². The third-order valence-corrected chi connectivity index (χ3v) is 2.10. The van der Waals surface area contributed by atoms with Gasteiger partial charge in [0.05, 0.1) is 0 Å². The van der Waals surface area contributed by atoms with Crippen molar-refractivity contribution in [3.63, 3.8) is 0 Å². The van der Waals surface area contributed by atoms with Crippen LogP contribution in [-0.2, 0) is 0 Å². The van der Waals surface area contributed by atoms with Crippen molar-refractivity contribution in [1.29, 1.82) is 0 Å². The monoisotopic (exact) mass is 208 g/mol. The van der Waals surface area contributed by atoms with Crippen LogP contribution in [0.4, 0.5) is 0 Å². The van der Waals surface area contributed by atoms with Crippen molar-refractivity contribution in [2.75, 3.05) is 13.2 Å². The van der Waals surface area contributed by atoms with E-state index in [1.54, 1.807) is 24.5 Å². The van der Waals surface area contributed by atoms with Gasteiger partial charge in [-0.2, -0.15) is 0 Å². The van der Waals surface area contributed by atoms with Gasteiger partial charge in [0.25, 0.3) is 5.91 Å². The van der Waals surface area contributed by atoms with E-state index in [9.17, 15) is 4.79 Å². The van der Waals surface area contributed by atoms with Crippen LogP contribution in [0.5, 0.6) is 0 Å². The highest BCUT2D eigenvalue weighted by Gasteiger charge is 2.17. The molecule has 0 unspecified atom stereocenters. The molecule has 0 spiro atoms. The Kier molecular flexibility index (Phi) is 3.80. The number of aliphatic hydroxyl groups is 1. The fourth-order valence-corrected chi connectivity index (χ4v) is 0.981. The second-order valence-electron chi connectivity index (χ2n) is 4.24. The van der Waals surface area contributed by atoms with E-state index >= 15 is 0 Å². The Morgan fingerprint density at radius 3 is 2.60 bits per heavy atom. The first-order valence-electron chi connectivity index (χ1n) is 4.84. The van der Waals surface area contributed by atoms with Crippen molar-refractivity contribution in [3.8, 4) is 0 Å². The minimum atomic E-state index is -0.289. The molecule has 1 aromatic rings. The number of nitrogens with zero attached hydrogens (tertiary/aromatic N) is 1. The summed E-state index contributed by atoms with van der Waals surface area (Å²) in [6.07, 6.45) is 3.15. The van der Waals surface area contributed by atoms with E-state index in [0.717, 1.165) is 0 Å². The summed E-state index contributed by atoms with van der Waals surface area (Å²) in [7, 11) is 0. The molecule has 1 aromatic heterocycles. The van der Waals surface area contributed by atoms with Gasteiger partial charge in [-0.15, -0.1) is 0 Å². The number of carbonyl (C=O) groups excluding carboxylic acids is 1. The standard InChI is InChI=1S/C11H16N2O2/c1-11(2,8-14)7-13-10(15)9-3-5-12-6-4-9/h3-6,14H,7-8H2,1-2H3,(H,13,15). The van der Waals surface area contributed by atoms with E-state index in [1.807, 2.05) is 13.8 Å². The van der Waals surface area contributed by atoms with Crippen LogP contribution in [0.2, 0.25) is 0 Å². The molecule has 82 valence electrons. The Labute approximate surface area is 89.3 Å². The largest absolute Gasteiger partial charge is 0.396 e. The van der Waals surface area contributed by atoms with Gasteiger partial charge < -0.3 is 10.4 Å². The molecule has 0 aromatic carbocycles. The van der Waals surface area contributed by atoms with E-state index in [0.29, 0.717) is 12.1 Å². The summed E-state index contributed by atoms with van der Waals surface area (Å²) in [4.78, 5) is 15.4. The number of aliphatic hydroxyl groups excluding tert-OH is 1. The molecule has 4 nitrogen and oxygen atoms in total. The lowest BCUT2D eigenvalue weighted by Gasteiger charge is -2.21. The lowest BCUT2D eigenvalue weighted by atomic mass is 9.95. The van der Waals surface area contributed by atoms with Crippen molar-refractivity contribution < 1.29 is 9.90 Å². The number of amides is 1. The zero-order chi connectivity index (χ0) is 11.3. The number of carbonyl (C=O) groups is 1. The molecule has 2 N–H and O–H groups in total. The highest BCUT2D eigenvalue weighted by molar-refractivity contribution is 5.93. The van der Waals surface area contributed by atoms with Gasteiger partial charge >= 0.3 is 0 Å². The Morgan fingerprint density at radius 1 is 1.47 bits per heavy atom. The van der Waals surface area contributed by atoms with Gasteiger partial charge in [0.1, 0.15) is 0 Å². The highest BCUT2D eigenvalue weighted by atomic mass is 16.3. The van der Waals surface area contributed by atoms with Crippen LogP contribution in [0.25, 0.3) is 0 Å². The number of rotatable bonds is 4. The molecule has 0 aliphatic carbocycles. The number of hydrogen-bond acceptors (Lipinski definition) is 3. The quantitative estimate of drug-likeness (QED) is 0.770. The topological polar surface area (TPSA) is 62.2 Å². The Morgan fingerprint density at radius 2 is 2.07 bits per heavy atom. The SMILES string of the molecule is CC(C)(CO)CNC(=O)c1ccncc1. The smallest absolute Gasteiger partial charge is 0.251 e. The summed E-state index contributed by atoms with van der Waals surface area (Å²) < 4.78 is 0.